The van der Waals surface area contributed by atoms with Gasteiger partial charge in [-0.1, -0.05) is 86.8 Å². The molecule has 0 fully saturated rings. The number of rotatable bonds is 14. The van der Waals surface area contributed by atoms with Crippen molar-refractivity contribution < 1.29 is 14.6 Å². The van der Waals surface area contributed by atoms with Crippen LogP contribution in [0.2, 0.25) is 0 Å². The molecule has 0 aliphatic heterocycles. The summed E-state index contributed by atoms with van der Waals surface area (Å²) in [5.41, 5.74) is 1.33. The monoisotopic (exact) mass is 461 g/mol. The fourth-order valence-corrected chi connectivity index (χ4v) is 4.59. The van der Waals surface area contributed by atoms with Crippen molar-refractivity contribution in [3.8, 4) is 11.5 Å². The fraction of sp³-hybridized carbons (Fsp3) is 0.400. The summed E-state index contributed by atoms with van der Waals surface area (Å²) in [6.07, 6.45) is 4.82. The van der Waals surface area contributed by atoms with Crippen LogP contribution in [0.25, 0.3) is 0 Å². The number of hydrogen-bond donors (Lipinski definition) is 2. The zero-order chi connectivity index (χ0) is 24.2. The van der Waals surface area contributed by atoms with E-state index in [0.29, 0.717) is 18.9 Å². The lowest BCUT2D eigenvalue weighted by Gasteiger charge is -2.39. The van der Waals surface area contributed by atoms with Crippen molar-refractivity contribution in [2.45, 2.75) is 51.0 Å². The van der Waals surface area contributed by atoms with E-state index in [-0.39, 0.29) is 5.92 Å². The Morgan fingerprint density at radius 3 is 2.24 bits per heavy atom. The number of benzene rings is 3. The van der Waals surface area contributed by atoms with Gasteiger partial charge in [0, 0.05) is 18.0 Å². The molecule has 3 rings (SSSR count). The number of hydrogen-bond acceptors (Lipinski definition) is 4. The molecule has 0 aliphatic carbocycles. The highest BCUT2D eigenvalue weighted by atomic mass is 16.5. The average Bonchev–Trinajstić information content (AvgIpc) is 2.89. The molecular formula is C30H39NO3. The van der Waals surface area contributed by atoms with Crippen molar-refractivity contribution in [1.82, 2.24) is 5.32 Å². The van der Waals surface area contributed by atoms with E-state index in [4.69, 9.17) is 9.47 Å². The summed E-state index contributed by atoms with van der Waals surface area (Å²) < 4.78 is 11.4. The standard InChI is InChI=1S/C30H39NO3/c1-4-6-7-13-22-31-23-28(24-14-9-8-10-15-24)30(32,27-16-11-12-17-29(27)33-3)25-18-20-26(21-19-25)34-5-2/h8-12,14-21,28,31-32H,4-7,13,22-23H2,1-3H3/t28-,30-/m1/s1. The van der Waals surface area contributed by atoms with Crippen molar-refractivity contribution in [2.75, 3.05) is 26.8 Å². The van der Waals surface area contributed by atoms with Crippen LogP contribution in [0.1, 0.15) is 62.1 Å². The van der Waals surface area contributed by atoms with E-state index in [1.54, 1.807) is 7.11 Å². The van der Waals surface area contributed by atoms with Gasteiger partial charge in [-0.25, -0.2) is 0 Å². The molecule has 34 heavy (non-hydrogen) atoms. The molecule has 182 valence electrons. The second-order valence-electron chi connectivity index (χ2n) is 8.65. The third-order valence-electron chi connectivity index (χ3n) is 6.38. The Hall–Kier alpha value is -2.82. The Bertz CT molecular complexity index is 974. The zero-order valence-corrected chi connectivity index (χ0v) is 20.8. The number of para-hydroxylation sites is 1. The van der Waals surface area contributed by atoms with Crippen LogP contribution in [-0.2, 0) is 5.60 Å². The average molecular weight is 462 g/mol. The summed E-state index contributed by atoms with van der Waals surface area (Å²) in [6.45, 7) is 6.36. The molecule has 0 spiro atoms. The molecule has 0 amide bonds. The highest BCUT2D eigenvalue weighted by Crippen LogP contribution is 2.46. The van der Waals surface area contributed by atoms with Crippen LogP contribution >= 0.6 is 0 Å². The van der Waals surface area contributed by atoms with Gasteiger partial charge in [0.25, 0.3) is 0 Å². The van der Waals surface area contributed by atoms with Crippen LogP contribution in [0.5, 0.6) is 11.5 Å². The summed E-state index contributed by atoms with van der Waals surface area (Å²) in [5, 5.41) is 16.3. The first-order valence-electron chi connectivity index (χ1n) is 12.5. The second kappa shape index (κ2) is 13.2. The molecule has 0 radical (unpaired) electrons. The van der Waals surface area contributed by atoms with Gasteiger partial charge >= 0.3 is 0 Å². The summed E-state index contributed by atoms with van der Waals surface area (Å²) in [6, 6.07) is 25.8. The number of methoxy groups -OCH3 is 1. The van der Waals surface area contributed by atoms with Crippen LogP contribution in [-0.4, -0.2) is 31.9 Å². The maximum Gasteiger partial charge on any atom is 0.126 e. The quantitative estimate of drug-likeness (QED) is 0.277. The molecule has 3 aromatic rings. The van der Waals surface area contributed by atoms with E-state index in [0.717, 1.165) is 35.4 Å². The highest BCUT2D eigenvalue weighted by molar-refractivity contribution is 5.49. The van der Waals surface area contributed by atoms with E-state index in [1.807, 2.05) is 73.7 Å². The number of aliphatic hydroxyl groups is 1. The van der Waals surface area contributed by atoms with Crippen LogP contribution in [0.4, 0.5) is 0 Å². The Labute approximate surface area is 204 Å². The summed E-state index contributed by atoms with van der Waals surface area (Å²) in [5.74, 6) is 1.23. The third kappa shape index (κ3) is 6.19. The van der Waals surface area contributed by atoms with Crippen LogP contribution in [0, 0.1) is 0 Å². The SMILES string of the molecule is CCCCCCNC[C@H](c1ccccc1)[C@@](O)(c1ccc(OCC)cc1)c1ccccc1OC. The first kappa shape index (κ1) is 25.8. The third-order valence-corrected chi connectivity index (χ3v) is 6.38. The van der Waals surface area contributed by atoms with Crippen molar-refractivity contribution in [3.63, 3.8) is 0 Å². The van der Waals surface area contributed by atoms with E-state index < -0.39 is 5.60 Å². The highest BCUT2D eigenvalue weighted by Gasteiger charge is 2.43. The normalized spacial score (nSPS) is 13.8. The smallest absolute Gasteiger partial charge is 0.126 e. The lowest BCUT2D eigenvalue weighted by molar-refractivity contribution is 0.0465. The van der Waals surface area contributed by atoms with Gasteiger partial charge in [-0.2, -0.15) is 0 Å². The lowest BCUT2D eigenvalue weighted by Crippen LogP contribution is -2.41. The molecule has 3 aromatic carbocycles. The van der Waals surface area contributed by atoms with Gasteiger partial charge in [-0.05, 0) is 49.2 Å². The van der Waals surface area contributed by atoms with Crippen molar-refractivity contribution in [3.05, 3.63) is 95.6 Å². The zero-order valence-electron chi connectivity index (χ0n) is 20.8. The fourth-order valence-electron chi connectivity index (χ4n) is 4.59. The Morgan fingerprint density at radius 2 is 1.56 bits per heavy atom. The van der Waals surface area contributed by atoms with Gasteiger partial charge in [-0.3, -0.25) is 0 Å². The molecule has 0 saturated heterocycles. The largest absolute Gasteiger partial charge is 0.496 e. The Balaban J connectivity index is 2.06. The van der Waals surface area contributed by atoms with Crippen LogP contribution in [0.3, 0.4) is 0 Å². The van der Waals surface area contributed by atoms with E-state index >= 15 is 0 Å². The van der Waals surface area contributed by atoms with E-state index in [2.05, 4.69) is 24.4 Å². The number of nitrogens with one attached hydrogen (secondary N) is 1. The van der Waals surface area contributed by atoms with Crippen molar-refractivity contribution in [1.29, 1.82) is 0 Å². The first-order chi connectivity index (χ1) is 16.6. The van der Waals surface area contributed by atoms with Gasteiger partial charge in [0.15, 0.2) is 0 Å². The van der Waals surface area contributed by atoms with Crippen LogP contribution in [0.15, 0.2) is 78.9 Å². The van der Waals surface area contributed by atoms with Gasteiger partial charge in [-0.15, -0.1) is 0 Å². The minimum atomic E-state index is -1.31. The molecule has 4 nitrogen and oxygen atoms in total. The van der Waals surface area contributed by atoms with Gasteiger partial charge in [0.05, 0.1) is 13.7 Å². The number of ether oxygens (including phenoxy) is 2. The van der Waals surface area contributed by atoms with Crippen molar-refractivity contribution >= 4 is 0 Å². The summed E-state index contributed by atoms with van der Waals surface area (Å²) >= 11 is 0. The lowest BCUT2D eigenvalue weighted by atomic mass is 9.72. The maximum absolute atomic E-state index is 12.7. The van der Waals surface area contributed by atoms with E-state index in [1.165, 1.54) is 19.3 Å². The van der Waals surface area contributed by atoms with Crippen molar-refractivity contribution in [2.24, 2.45) is 0 Å². The number of unbranched alkanes of at least 4 members (excludes halogenated alkanes) is 3. The second-order valence-corrected chi connectivity index (χ2v) is 8.65. The predicted molar refractivity (Wildman–Crippen MR) is 140 cm³/mol. The van der Waals surface area contributed by atoms with Gasteiger partial charge in [0.1, 0.15) is 17.1 Å². The minimum Gasteiger partial charge on any atom is -0.496 e. The molecule has 0 saturated carbocycles. The molecule has 0 bridgehead atoms. The molecule has 4 heteroatoms. The van der Waals surface area contributed by atoms with E-state index in [9.17, 15) is 5.11 Å². The summed E-state index contributed by atoms with van der Waals surface area (Å²) in [7, 11) is 1.65. The molecule has 0 aromatic heterocycles. The Kier molecular flexibility index (Phi) is 9.99. The summed E-state index contributed by atoms with van der Waals surface area (Å²) in [4.78, 5) is 0. The van der Waals surface area contributed by atoms with Gasteiger partial charge in [0.2, 0.25) is 0 Å². The van der Waals surface area contributed by atoms with Crippen LogP contribution < -0.4 is 14.8 Å². The molecule has 2 N–H and O–H groups in total. The molecule has 0 aliphatic rings. The molecule has 0 unspecified atom stereocenters. The maximum atomic E-state index is 12.7. The van der Waals surface area contributed by atoms with Gasteiger partial charge < -0.3 is 19.9 Å². The predicted octanol–water partition coefficient (Wildman–Crippen LogP) is 6.28. The minimum absolute atomic E-state index is 0.228. The molecular weight excluding hydrogens is 422 g/mol. The molecule has 0 heterocycles. The Morgan fingerprint density at radius 1 is 0.853 bits per heavy atom. The topological polar surface area (TPSA) is 50.7 Å². The molecule has 2 atom stereocenters. The first-order valence-corrected chi connectivity index (χ1v) is 12.5.